The molecule has 1 saturated carbocycles. The molecule has 1 aliphatic carbocycles. The Hall–Kier alpha value is -1.40. The average Bonchev–Trinajstić information content (AvgIpc) is 3.05. The molecule has 1 aliphatic rings. The quantitative estimate of drug-likeness (QED) is 0.746. The maximum atomic E-state index is 12.0. The highest BCUT2D eigenvalue weighted by atomic mass is 32.1. The van der Waals surface area contributed by atoms with Crippen molar-refractivity contribution < 1.29 is 14.7 Å². The zero-order valence-corrected chi connectivity index (χ0v) is 12.8. The van der Waals surface area contributed by atoms with Crippen LogP contribution in [0.3, 0.4) is 0 Å². The molecule has 0 radical (unpaired) electrons. The van der Waals surface area contributed by atoms with Crippen LogP contribution in [0, 0.1) is 5.92 Å². The monoisotopic (exact) mass is 310 g/mol. The number of amides is 2. The summed E-state index contributed by atoms with van der Waals surface area (Å²) in [5, 5.41) is 16.5. The zero-order valence-electron chi connectivity index (χ0n) is 12.0. The molecule has 1 aromatic heterocycles. The van der Waals surface area contributed by atoms with E-state index in [0.29, 0.717) is 17.3 Å². The molecular weight excluding hydrogens is 288 g/mol. The van der Waals surface area contributed by atoms with Crippen molar-refractivity contribution in [1.29, 1.82) is 0 Å². The molecular formula is C15H22N2O3S. The maximum Gasteiger partial charge on any atom is 0.262 e. The van der Waals surface area contributed by atoms with Gasteiger partial charge in [0, 0.05) is 6.54 Å². The minimum Gasteiger partial charge on any atom is -0.394 e. The highest BCUT2D eigenvalue weighted by Gasteiger charge is 2.22. The molecule has 0 aromatic carbocycles. The molecule has 5 nitrogen and oxygen atoms in total. The topological polar surface area (TPSA) is 78.4 Å². The van der Waals surface area contributed by atoms with Crippen molar-refractivity contribution in [1.82, 2.24) is 10.6 Å². The van der Waals surface area contributed by atoms with Crippen LogP contribution in [0.4, 0.5) is 0 Å². The van der Waals surface area contributed by atoms with Crippen molar-refractivity contribution >= 4 is 23.2 Å². The van der Waals surface area contributed by atoms with E-state index in [4.69, 9.17) is 0 Å². The van der Waals surface area contributed by atoms with E-state index >= 15 is 0 Å². The summed E-state index contributed by atoms with van der Waals surface area (Å²) in [6.45, 7) is 0.234. The largest absolute Gasteiger partial charge is 0.394 e. The third kappa shape index (κ3) is 4.82. The third-order valence-electron chi connectivity index (χ3n) is 3.84. The Morgan fingerprint density at radius 2 is 2.10 bits per heavy atom. The fraction of sp³-hybridized carbons (Fsp3) is 0.600. The highest BCUT2D eigenvalue weighted by molar-refractivity contribution is 7.12. The molecule has 2 amide bonds. The number of hydrogen-bond acceptors (Lipinski definition) is 4. The van der Waals surface area contributed by atoms with E-state index in [1.807, 2.05) is 0 Å². The first kappa shape index (κ1) is 16.0. The molecule has 6 heteroatoms. The summed E-state index contributed by atoms with van der Waals surface area (Å²) in [5.41, 5.74) is 0. The first-order chi connectivity index (χ1) is 10.2. The van der Waals surface area contributed by atoms with Crippen LogP contribution < -0.4 is 10.6 Å². The predicted octanol–water partition coefficient (Wildman–Crippen LogP) is 1.54. The van der Waals surface area contributed by atoms with Crippen molar-refractivity contribution in [2.75, 3.05) is 13.2 Å². The lowest BCUT2D eigenvalue weighted by Gasteiger charge is -2.23. The Morgan fingerprint density at radius 1 is 1.33 bits per heavy atom. The van der Waals surface area contributed by atoms with Crippen LogP contribution in [0.15, 0.2) is 17.5 Å². The van der Waals surface area contributed by atoms with Gasteiger partial charge in [-0.3, -0.25) is 9.59 Å². The van der Waals surface area contributed by atoms with Crippen molar-refractivity contribution in [3.05, 3.63) is 22.4 Å². The highest BCUT2D eigenvalue weighted by Crippen LogP contribution is 2.22. The first-order valence-electron chi connectivity index (χ1n) is 7.43. The maximum absolute atomic E-state index is 12.0. The molecule has 0 bridgehead atoms. The van der Waals surface area contributed by atoms with Gasteiger partial charge in [0.15, 0.2) is 0 Å². The number of thiophene rings is 1. The molecule has 2 rings (SSSR count). The molecule has 1 fully saturated rings. The third-order valence-corrected chi connectivity index (χ3v) is 4.71. The lowest BCUT2D eigenvalue weighted by Crippen LogP contribution is -2.49. The zero-order chi connectivity index (χ0) is 15.1. The molecule has 0 aliphatic heterocycles. The number of carbonyl (C=O) groups is 2. The van der Waals surface area contributed by atoms with Gasteiger partial charge in [-0.2, -0.15) is 0 Å². The summed E-state index contributed by atoms with van der Waals surface area (Å²) in [7, 11) is 0. The van der Waals surface area contributed by atoms with Crippen LogP contribution in [-0.2, 0) is 4.79 Å². The van der Waals surface area contributed by atoms with Gasteiger partial charge in [0.1, 0.15) is 6.04 Å². The summed E-state index contributed by atoms with van der Waals surface area (Å²) < 4.78 is 0. The SMILES string of the molecule is O=C(N[C@@H](CO)C(=O)NCC1CCCCC1)c1cccs1. The van der Waals surface area contributed by atoms with Gasteiger partial charge in [-0.25, -0.2) is 0 Å². The standard InChI is InChI=1S/C15H22N2O3S/c18-10-12(17-15(20)13-7-4-8-21-13)14(19)16-9-11-5-2-1-3-6-11/h4,7-8,11-12,18H,1-3,5-6,9-10H2,(H,16,19)(H,17,20)/t12-/m0/s1. The van der Waals surface area contributed by atoms with E-state index in [9.17, 15) is 14.7 Å². The number of hydrogen-bond donors (Lipinski definition) is 3. The Bertz CT molecular complexity index is 455. The first-order valence-corrected chi connectivity index (χ1v) is 8.31. The van der Waals surface area contributed by atoms with Gasteiger partial charge in [0.05, 0.1) is 11.5 Å². The van der Waals surface area contributed by atoms with E-state index in [1.54, 1.807) is 17.5 Å². The van der Waals surface area contributed by atoms with Crippen molar-refractivity contribution in [3.8, 4) is 0 Å². The van der Waals surface area contributed by atoms with Crippen molar-refractivity contribution in [3.63, 3.8) is 0 Å². The van der Waals surface area contributed by atoms with Crippen LogP contribution in [0.2, 0.25) is 0 Å². The number of rotatable bonds is 6. The van der Waals surface area contributed by atoms with Crippen LogP contribution in [0.25, 0.3) is 0 Å². The van der Waals surface area contributed by atoms with E-state index in [2.05, 4.69) is 10.6 Å². The average molecular weight is 310 g/mol. The van der Waals surface area contributed by atoms with Crippen LogP contribution in [-0.4, -0.2) is 36.1 Å². The molecule has 0 saturated heterocycles. The van der Waals surface area contributed by atoms with E-state index < -0.39 is 12.6 Å². The lowest BCUT2D eigenvalue weighted by atomic mass is 9.89. The molecule has 1 aromatic rings. The Balaban J connectivity index is 1.79. The van der Waals surface area contributed by atoms with Gasteiger partial charge in [0.2, 0.25) is 5.91 Å². The number of carbonyl (C=O) groups excluding carboxylic acids is 2. The van der Waals surface area contributed by atoms with Gasteiger partial charge >= 0.3 is 0 Å². The summed E-state index contributed by atoms with van der Waals surface area (Å²) in [6.07, 6.45) is 6.01. The number of aliphatic hydroxyl groups excluding tert-OH is 1. The van der Waals surface area contributed by atoms with Gasteiger partial charge in [-0.1, -0.05) is 25.3 Å². The summed E-state index contributed by atoms with van der Waals surface area (Å²) in [6, 6.07) is 2.58. The van der Waals surface area contributed by atoms with Gasteiger partial charge in [-0.05, 0) is 30.2 Å². The fourth-order valence-electron chi connectivity index (χ4n) is 2.59. The minimum absolute atomic E-state index is 0.312. The summed E-state index contributed by atoms with van der Waals surface area (Å²) in [4.78, 5) is 24.5. The molecule has 1 atom stereocenters. The molecule has 0 spiro atoms. The summed E-state index contributed by atoms with van der Waals surface area (Å²) >= 11 is 1.31. The fourth-order valence-corrected chi connectivity index (χ4v) is 3.22. The predicted molar refractivity (Wildman–Crippen MR) is 82.2 cm³/mol. The van der Waals surface area contributed by atoms with Gasteiger partial charge < -0.3 is 15.7 Å². The normalized spacial score (nSPS) is 17.2. The van der Waals surface area contributed by atoms with Crippen molar-refractivity contribution in [2.45, 2.75) is 38.1 Å². The molecule has 1 heterocycles. The number of nitrogens with one attached hydrogen (secondary N) is 2. The molecule has 3 N–H and O–H groups in total. The van der Waals surface area contributed by atoms with E-state index in [1.165, 1.54) is 30.6 Å². The lowest BCUT2D eigenvalue weighted by molar-refractivity contribution is -0.124. The molecule has 21 heavy (non-hydrogen) atoms. The second-order valence-electron chi connectivity index (χ2n) is 5.44. The Kier molecular flexibility index (Phi) is 6.20. The van der Waals surface area contributed by atoms with Gasteiger partial charge in [-0.15, -0.1) is 11.3 Å². The molecule has 116 valence electrons. The minimum atomic E-state index is -0.886. The van der Waals surface area contributed by atoms with Crippen LogP contribution in [0.1, 0.15) is 41.8 Å². The van der Waals surface area contributed by atoms with Crippen molar-refractivity contribution in [2.24, 2.45) is 5.92 Å². The second kappa shape index (κ2) is 8.14. The molecule has 0 unspecified atom stereocenters. The summed E-state index contributed by atoms with van der Waals surface area (Å²) in [5.74, 6) is -0.111. The van der Waals surface area contributed by atoms with E-state index in [0.717, 1.165) is 12.8 Å². The van der Waals surface area contributed by atoms with E-state index in [-0.39, 0.29) is 11.8 Å². The Labute approximate surface area is 128 Å². The number of aliphatic hydroxyl groups is 1. The smallest absolute Gasteiger partial charge is 0.262 e. The Morgan fingerprint density at radius 3 is 2.71 bits per heavy atom. The second-order valence-corrected chi connectivity index (χ2v) is 6.38. The van der Waals surface area contributed by atoms with Crippen LogP contribution in [0.5, 0.6) is 0 Å². The van der Waals surface area contributed by atoms with Crippen LogP contribution >= 0.6 is 11.3 Å². The van der Waals surface area contributed by atoms with Gasteiger partial charge in [0.25, 0.3) is 5.91 Å².